The quantitative estimate of drug-likeness (QED) is 0.784. The predicted octanol–water partition coefficient (Wildman–Crippen LogP) is 2.11. The van der Waals surface area contributed by atoms with E-state index in [-0.39, 0.29) is 0 Å². The summed E-state index contributed by atoms with van der Waals surface area (Å²) < 4.78 is 5.55. The largest absolute Gasteiger partial charge is 0.492 e. The Kier molecular flexibility index (Phi) is 5.39. The molecule has 1 aromatic carbocycles. The summed E-state index contributed by atoms with van der Waals surface area (Å²) in [6.07, 6.45) is 1.63. The van der Waals surface area contributed by atoms with E-state index in [4.69, 9.17) is 9.84 Å². The summed E-state index contributed by atoms with van der Waals surface area (Å²) >= 11 is 0. The normalized spacial score (nSPS) is 11.7. The Balaban J connectivity index is 2.58. The van der Waals surface area contributed by atoms with E-state index in [1.807, 2.05) is 43.3 Å². The lowest BCUT2D eigenvalue weighted by Crippen LogP contribution is -2.19. The molecule has 0 spiro atoms. The fourth-order valence-corrected chi connectivity index (χ4v) is 1.32. The van der Waals surface area contributed by atoms with Gasteiger partial charge in [-0.15, -0.1) is 0 Å². The first-order chi connectivity index (χ1) is 8.49. The molecular weight excluding hydrogens is 230 g/mol. The molecule has 0 aromatic heterocycles. The number of likely N-dealkylation sites (N-methyl/N-ethyl adjacent to an activating group) is 1. The summed E-state index contributed by atoms with van der Waals surface area (Å²) in [5.74, 6) is -0.108. The molecule has 1 N–H and O–H groups in total. The van der Waals surface area contributed by atoms with Crippen molar-refractivity contribution in [3.05, 3.63) is 35.4 Å². The number of hydrogen-bond donors (Lipinski definition) is 1. The van der Waals surface area contributed by atoms with Gasteiger partial charge in [0, 0.05) is 12.1 Å². The number of nitrogens with zero attached hydrogens (tertiary/aromatic N) is 1. The topological polar surface area (TPSA) is 49.8 Å². The zero-order valence-electron chi connectivity index (χ0n) is 11.0. The lowest BCUT2D eigenvalue weighted by molar-refractivity contribution is -0.132. The van der Waals surface area contributed by atoms with Gasteiger partial charge in [-0.25, -0.2) is 4.79 Å². The van der Waals surface area contributed by atoms with Gasteiger partial charge in [0.2, 0.25) is 0 Å². The van der Waals surface area contributed by atoms with Crippen LogP contribution in [-0.4, -0.2) is 43.2 Å². The minimum atomic E-state index is -0.902. The molecule has 0 saturated carbocycles. The van der Waals surface area contributed by atoms with Crippen LogP contribution in [0, 0.1) is 0 Å². The van der Waals surface area contributed by atoms with Gasteiger partial charge >= 0.3 is 5.97 Å². The fraction of sp³-hybridized carbons (Fsp3) is 0.357. The van der Waals surface area contributed by atoms with Crippen molar-refractivity contribution in [2.75, 3.05) is 27.2 Å². The first kappa shape index (κ1) is 14.3. The van der Waals surface area contributed by atoms with Crippen molar-refractivity contribution in [3.63, 3.8) is 0 Å². The van der Waals surface area contributed by atoms with Gasteiger partial charge in [0.25, 0.3) is 0 Å². The van der Waals surface area contributed by atoms with Crippen LogP contribution in [-0.2, 0) is 4.79 Å². The van der Waals surface area contributed by atoms with Gasteiger partial charge in [-0.2, -0.15) is 0 Å². The molecule has 0 unspecified atom stereocenters. The Morgan fingerprint density at radius 1 is 1.33 bits per heavy atom. The minimum absolute atomic E-state index is 0.316. The predicted molar refractivity (Wildman–Crippen MR) is 71.8 cm³/mol. The van der Waals surface area contributed by atoms with Crippen molar-refractivity contribution in [2.24, 2.45) is 0 Å². The average molecular weight is 249 g/mol. The van der Waals surface area contributed by atoms with Crippen LogP contribution >= 0.6 is 0 Å². The highest BCUT2D eigenvalue weighted by Crippen LogP contribution is 2.14. The number of ether oxygens (including phenoxy) is 1. The van der Waals surface area contributed by atoms with Crippen molar-refractivity contribution in [3.8, 4) is 5.75 Å². The highest BCUT2D eigenvalue weighted by atomic mass is 16.5. The first-order valence-electron chi connectivity index (χ1n) is 5.78. The summed E-state index contributed by atoms with van der Waals surface area (Å²) in [4.78, 5) is 12.7. The van der Waals surface area contributed by atoms with Gasteiger partial charge in [0.1, 0.15) is 12.4 Å². The number of aliphatic carboxylic acids is 1. The minimum Gasteiger partial charge on any atom is -0.492 e. The molecule has 0 amide bonds. The third-order valence-electron chi connectivity index (χ3n) is 2.41. The zero-order valence-corrected chi connectivity index (χ0v) is 11.0. The molecule has 4 nitrogen and oxygen atoms in total. The number of carboxylic acids is 1. The van der Waals surface area contributed by atoms with E-state index in [9.17, 15) is 4.79 Å². The van der Waals surface area contributed by atoms with Crippen LogP contribution in [0.5, 0.6) is 5.75 Å². The molecule has 0 saturated heterocycles. The maximum atomic E-state index is 10.7. The summed E-state index contributed by atoms with van der Waals surface area (Å²) in [6, 6.07) is 7.38. The van der Waals surface area contributed by atoms with Crippen LogP contribution in [0.4, 0.5) is 0 Å². The Bertz CT molecular complexity index is 421. The van der Waals surface area contributed by atoms with E-state index in [2.05, 4.69) is 0 Å². The van der Waals surface area contributed by atoms with Crippen molar-refractivity contribution in [1.82, 2.24) is 4.90 Å². The number of carbonyl (C=O) groups is 1. The molecule has 1 rings (SSSR count). The molecule has 0 bridgehead atoms. The molecule has 98 valence electrons. The van der Waals surface area contributed by atoms with Crippen molar-refractivity contribution in [1.29, 1.82) is 0 Å². The van der Waals surface area contributed by atoms with Gasteiger partial charge in [0.15, 0.2) is 0 Å². The van der Waals surface area contributed by atoms with E-state index in [0.29, 0.717) is 12.2 Å². The third-order valence-corrected chi connectivity index (χ3v) is 2.41. The molecule has 0 radical (unpaired) electrons. The summed E-state index contributed by atoms with van der Waals surface area (Å²) in [6.45, 7) is 3.07. The fourth-order valence-electron chi connectivity index (χ4n) is 1.32. The smallest absolute Gasteiger partial charge is 0.331 e. The van der Waals surface area contributed by atoms with E-state index in [1.165, 1.54) is 0 Å². The highest BCUT2D eigenvalue weighted by Gasteiger charge is 2.00. The Morgan fingerprint density at radius 3 is 2.44 bits per heavy atom. The van der Waals surface area contributed by atoms with Gasteiger partial charge in [-0.05, 0) is 44.8 Å². The third kappa shape index (κ3) is 5.01. The van der Waals surface area contributed by atoms with Crippen molar-refractivity contribution < 1.29 is 14.6 Å². The van der Waals surface area contributed by atoms with E-state index in [1.54, 1.807) is 13.0 Å². The number of carboxylic acid groups (broad SMARTS) is 1. The second-order valence-corrected chi connectivity index (χ2v) is 4.35. The summed E-state index contributed by atoms with van der Waals surface area (Å²) in [7, 11) is 3.98. The molecule has 1 aromatic rings. The second kappa shape index (κ2) is 6.81. The average Bonchev–Trinajstić information content (AvgIpc) is 2.30. The SMILES string of the molecule is CC(=Cc1ccc(OCCN(C)C)cc1)C(=O)O. The Morgan fingerprint density at radius 2 is 1.94 bits per heavy atom. The Labute approximate surface area is 107 Å². The van der Waals surface area contributed by atoms with Crippen LogP contribution < -0.4 is 4.74 Å². The van der Waals surface area contributed by atoms with Gasteiger partial charge in [-0.3, -0.25) is 0 Å². The molecule has 0 aliphatic heterocycles. The molecule has 0 aliphatic carbocycles. The van der Waals surface area contributed by atoms with E-state index < -0.39 is 5.97 Å². The first-order valence-corrected chi connectivity index (χ1v) is 5.78. The van der Waals surface area contributed by atoms with E-state index in [0.717, 1.165) is 17.9 Å². The summed E-state index contributed by atoms with van der Waals surface area (Å²) in [5.41, 5.74) is 1.17. The van der Waals surface area contributed by atoms with Crippen LogP contribution in [0.3, 0.4) is 0 Å². The van der Waals surface area contributed by atoms with Crippen LogP contribution in [0.2, 0.25) is 0 Å². The second-order valence-electron chi connectivity index (χ2n) is 4.35. The molecule has 0 fully saturated rings. The van der Waals surface area contributed by atoms with Gasteiger partial charge < -0.3 is 14.7 Å². The van der Waals surface area contributed by atoms with Crippen molar-refractivity contribution in [2.45, 2.75) is 6.92 Å². The standard InChI is InChI=1S/C14H19NO3/c1-11(14(16)17)10-12-4-6-13(7-5-12)18-9-8-15(2)3/h4-7,10H,8-9H2,1-3H3,(H,16,17). The molecular formula is C14H19NO3. The number of rotatable bonds is 6. The molecule has 18 heavy (non-hydrogen) atoms. The van der Waals surface area contributed by atoms with Gasteiger partial charge in [0.05, 0.1) is 0 Å². The summed E-state index contributed by atoms with van der Waals surface area (Å²) in [5, 5.41) is 8.77. The highest BCUT2D eigenvalue weighted by molar-refractivity contribution is 5.91. The molecule has 0 atom stereocenters. The molecule has 0 aliphatic rings. The van der Waals surface area contributed by atoms with Gasteiger partial charge in [-0.1, -0.05) is 12.1 Å². The molecule has 4 heteroatoms. The number of hydrogen-bond acceptors (Lipinski definition) is 3. The van der Waals surface area contributed by atoms with Crippen LogP contribution in [0.15, 0.2) is 29.8 Å². The zero-order chi connectivity index (χ0) is 13.5. The van der Waals surface area contributed by atoms with Crippen LogP contribution in [0.25, 0.3) is 6.08 Å². The maximum Gasteiger partial charge on any atom is 0.331 e. The number of benzene rings is 1. The monoisotopic (exact) mass is 249 g/mol. The maximum absolute atomic E-state index is 10.7. The van der Waals surface area contributed by atoms with Crippen molar-refractivity contribution >= 4 is 12.0 Å². The Hall–Kier alpha value is -1.81. The molecule has 0 heterocycles. The lowest BCUT2D eigenvalue weighted by atomic mass is 10.1. The van der Waals surface area contributed by atoms with Crippen LogP contribution in [0.1, 0.15) is 12.5 Å². The van der Waals surface area contributed by atoms with E-state index >= 15 is 0 Å². The lowest BCUT2D eigenvalue weighted by Gasteiger charge is -2.10.